The number of hydrogen-bond acceptors (Lipinski definition) is 1. The molecule has 0 heterocycles. The number of hydrogen-bond donors (Lipinski definition) is 1. The Morgan fingerprint density at radius 1 is 1.80 bits per heavy atom. The first-order valence-corrected chi connectivity index (χ1v) is 1.41. The smallest absolute Gasteiger partial charge is 0.0719 e. The summed E-state index contributed by atoms with van der Waals surface area (Å²) in [5, 5.41) is 8.13. The van der Waals surface area contributed by atoms with Crippen LogP contribution in [0, 0.1) is 6.92 Å². The van der Waals surface area contributed by atoms with Gasteiger partial charge in [0.15, 0.2) is 0 Å². The molecule has 0 amide bonds. The van der Waals surface area contributed by atoms with Crippen LogP contribution >= 0.6 is 0 Å². The molecule has 1 radical (unpaired) electrons. The van der Waals surface area contributed by atoms with E-state index < -0.39 is 6.10 Å². The molecule has 0 unspecified atom stereocenters. The Bertz CT molecular complexity index is 30.6. The normalized spacial score (nSPS) is 14.0. The van der Waals surface area contributed by atoms with Crippen molar-refractivity contribution in [2.24, 2.45) is 0 Å². The minimum absolute atomic E-state index is 0.602. The first-order valence-electron chi connectivity index (χ1n) is 1.41. The molecule has 0 aromatic heterocycles. The molecule has 0 aliphatic heterocycles. The van der Waals surface area contributed by atoms with Gasteiger partial charge in [-0.3, -0.25) is 0 Å². The minimum atomic E-state index is -0.602. The largest absolute Gasteiger partial charge is 0.389 e. The fourth-order valence-corrected chi connectivity index (χ4v) is 0. The van der Waals surface area contributed by atoms with E-state index in [4.69, 9.17) is 5.11 Å². The SMILES string of the molecule is [CH2][C@H](O)C=C. The lowest BCUT2D eigenvalue weighted by Gasteiger charge is -1.84. The second-order valence-corrected chi connectivity index (χ2v) is 0.803. The summed E-state index contributed by atoms with van der Waals surface area (Å²) < 4.78 is 0. The Morgan fingerprint density at radius 2 is 2.00 bits per heavy atom. The van der Waals surface area contributed by atoms with Gasteiger partial charge in [-0.05, 0) is 6.92 Å². The van der Waals surface area contributed by atoms with Crippen LogP contribution in [-0.2, 0) is 0 Å². The van der Waals surface area contributed by atoms with Crippen molar-refractivity contribution < 1.29 is 5.11 Å². The molecule has 0 aliphatic rings. The van der Waals surface area contributed by atoms with Gasteiger partial charge in [-0.1, -0.05) is 6.08 Å². The number of rotatable bonds is 1. The molecule has 1 nitrogen and oxygen atoms in total. The van der Waals surface area contributed by atoms with E-state index in [1.807, 2.05) is 0 Å². The average molecular weight is 71.1 g/mol. The summed E-state index contributed by atoms with van der Waals surface area (Å²) in [6.07, 6.45) is 0.759. The lowest BCUT2D eigenvalue weighted by atomic mass is 10.4. The summed E-state index contributed by atoms with van der Waals surface area (Å²) in [4.78, 5) is 0. The Labute approximate surface area is 31.9 Å². The predicted molar refractivity (Wildman–Crippen MR) is 21.6 cm³/mol. The summed E-state index contributed by atoms with van der Waals surface area (Å²) in [6, 6.07) is 0. The van der Waals surface area contributed by atoms with Gasteiger partial charge in [0.25, 0.3) is 0 Å². The van der Waals surface area contributed by atoms with Gasteiger partial charge in [0.1, 0.15) is 0 Å². The van der Waals surface area contributed by atoms with E-state index >= 15 is 0 Å². The highest BCUT2D eigenvalue weighted by Gasteiger charge is 1.75. The van der Waals surface area contributed by atoms with Crippen LogP contribution in [-0.4, -0.2) is 11.2 Å². The van der Waals surface area contributed by atoms with Crippen molar-refractivity contribution in [1.82, 2.24) is 0 Å². The third-order valence-electron chi connectivity index (χ3n) is 0.272. The van der Waals surface area contributed by atoms with Crippen LogP contribution in [0.3, 0.4) is 0 Å². The highest BCUT2D eigenvalue weighted by atomic mass is 16.3. The van der Waals surface area contributed by atoms with E-state index in [1.54, 1.807) is 0 Å². The van der Waals surface area contributed by atoms with E-state index in [1.165, 1.54) is 6.08 Å². The van der Waals surface area contributed by atoms with Crippen LogP contribution in [0.5, 0.6) is 0 Å². The van der Waals surface area contributed by atoms with E-state index in [-0.39, 0.29) is 0 Å². The Balaban J connectivity index is 2.83. The Kier molecular flexibility index (Phi) is 1.85. The quantitative estimate of drug-likeness (QED) is 0.443. The molecule has 0 aliphatic carbocycles. The third-order valence-corrected chi connectivity index (χ3v) is 0.272. The molecule has 0 saturated carbocycles. The molecule has 0 aromatic carbocycles. The van der Waals surface area contributed by atoms with Crippen LogP contribution in [0.2, 0.25) is 0 Å². The van der Waals surface area contributed by atoms with Crippen molar-refractivity contribution >= 4 is 0 Å². The summed E-state index contributed by atoms with van der Waals surface area (Å²) >= 11 is 0. The maximum Gasteiger partial charge on any atom is 0.0719 e. The van der Waals surface area contributed by atoms with E-state index in [2.05, 4.69) is 13.5 Å². The lowest BCUT2D eigenvalue weighted by molar-refractivity contribution is 0.269. The van der Waals surface area contributed by atoms with Crippen LogP contribution in [0.4, 0.5) is 0 Å². The molecule has 5 heavy (non-hydrogen) atoms. The fraction of sp³-hybridized carbons (Fsp3) is 0.250. The van der Waals surface area contributed by atoms with Gasteiger partial charge < -0.3 is 5.11 Å². The summed E-state index contributed by atoms with van der Waals surface area (Å²) in [7, 11) is 0. The topological polar surface area (TPSA) is 20.2 Å². The molecule has 0 aromatic rings. The van der Waals surface area contributed by atoms with Gasteiger partial charge in [0, 0.05) is 0 Å². The van der Waals surface area contributed by atoms with Crippen LogP contribution in [0.25, 0.3) is 0 Å². The molecular formula is C4H7O. The minimum Gasteiger partial charge on any atom is -0.389 e. The van der Waals surface area contributed by atoms with Crippen molar-refractivity contribution in [2.75, 3.05) is 0 Å². The maximum absolute atomic E-state index is 8.13. The van der Waals surface area contributed by atoms with E-state index in [9.17, 15) is 0 Å². The Hall–Kier alpha value is -0.300. The van der Waals surface area contributed by atoms with Gasteiger partial charge >= 0.3 is 0 Å². The summed E-state index contributed by atoms with van der Waals surface area (Å²) in [5.41, 5.74) is 0. The highest BCUT2D eigenvalue weighted by molar-refractivity contribution is 4.78. The summed E-state index contributed by atoms with van der Waals surface area (Å²) in [6.45, 7) is 6.44. The average Bonchev–Trinajstić information content (AvgIpc) is 1.38. The van der Waals surface area contributed by atoms with E-state index in [0.717, 1.165) is 0 Å². The van der Waals surface area contributed by atoms with Crippen LogP contribution in [0.1, 0.15) is 0 Å². The second-order valence-electron chi connectivity index (χ2n) is 0.803. The number of aliphatic hydroxyl groups is 1. The molecule has 1 heteroatoms. The summed E-state index contributed by atoms with van der Waals surface area (Å²) in [5.74, 6) is 0. The Morgan fingerprint density at radius 3 is 2.00 bits per heavy atom. The first kappa shape index (κ1) is 4.70. The van der Waals surface area contributed by atoms with E-state index in [0.29, 0.717) is 0 Å². The van der Waals surface area contributed by atoms with Gasteiger partial charge in [0.05, 0.1) is 6.10 Å². The molecule has 0 saturated heterocycles. The molecule has 29 valence electrons. The highest BCUT2D eigenvalue weighted by Crippen LogP contribution is 1.72. The van der Waals surface area contributed by atoms with Gasteiger partial charge in [0.2, 0.25) is 0 Å². The zero-order chi connectivity index (χ0) is 4.28. The van der Waals surface area contributed by atoms with Crippen LogP contribution in [0.15, 0.2) is 12.7 Å². The van der Waals surface area contributed by atoms with Crippen molar-refractivity contribution in [1.29, 1.82) is 0 Å². The molecular weight excluding hydrogens is 64.0 g/mol. The molecule has 0 rings (SSSR count). The van der Waals surface area contributed by atoms with Crippen molar-refractivity contribution in [2.45, 2.75) is 6.10 Å². The second kappa shape index (κ2) is 1.97. The zero-order valence-electron chi connectivity index (χ0n) is 3.02. The van der Waals surface area contributed by atoms with Crippen molar-refractivity contribution in [3.05, 3.63) is 19.6 Å². The maximum atomic E-state index is 8.13. The molecule has 0 spiro atoms. The van der Waals surface area contributed by atoms with Crippen molar-refractivity contribution in [3.8, 4) is 0 Å². The molecule has 0 fully saturated rings. The third kappa shape index (κ3) is 3.70. The standard InChI is InChI=1S/C4H7O/c1-3-4(2)5/h3-5H,1-2H2/t4-/m0/s1. The predicted octanol–water partition coefficient (Wildman–Crippen LogP) is 0.367. The lowest BCUT2D eigenvalue weighted by Crippen LogP contribution is -1.89. The van der Waals surface area contributed by atoms with Crippen LogP contribution < -0.4 is 0 Å². The first-order chi connectivity index (χ1) is 2.27. The van der Waals surface area contributed by atoms with Gasteiger partial charge in [-0.2, -0.15) is 0 Å². The van der Waals surface area contributed by atoms with Crippen molar-refractivity contribution in [3.63, 3.8) is 0 Å². The van der Waals surface area contributed by atoms with Gasteiger partial charge in [-0.25, -0.2) is 0 Å². The fourth-order valence-electron chi connectivity index (χ4n) is 0. The van der Waals surface area contributed by atoms with Gasteiger partial charge in [-0.15, -0.1) is 6.58 Å². The molecule has 1 N–H and O–H groups in total. The monoisotopic (exact) mass is 71.0 g/mol. The zero-order valence-corrected chi connectivity index (χ0v) is 3.02. The molecule has 1 atom stereocenters. The molecule has 0 bridgehead atoms. The number of aliphatic hydroxyl groups excluding tert-OH is 1.